The van der Waals surface area contributed by atoms with Gasteiger partial charge in [0, 0.05) is 52.0 Å². The van der Waals surface area contributed by atoms with Gasteiger partial charge in [-0.1, -0.05) is 51.0 Å². The number of carbonyl (C=O) groups is 3. The summed E-state index contributed by atoms with van der Waals surface area (Å²) in [5, 5.41) is 46.0. The zero-order valence-electron chi connectivity index (χ0n) is 35.5. The molecule has 4 N–H and O–H groups in total. The topological polar surface area (TPSA) is 182 Å². The Morgan fingerprint density at radius 2 is 1.60 bits per heavy atom. The van der Waals surface area contributed by atoms with Crippen LogP contribution in [0.2, 0.25) is 0 Å². The summed E-state index contributed by atoms with van der Waals surface area (Å²) in [6, 6.07) is -1.04. The van der Waals surface area contributed by atoms with Gasteiger partial charge in [0.15, 0.2) is 6.23 Å². The number of aliphatic hydroxyl groups is 4. The molecule has 0 radical (unpaired) electrons. The number of aliphatic hydroxyl groups excluding tert-OH is 3. The molecule has 57 heavy (non-hydrogen) atoms. The lowest BCUT2D eigenvalue weighted by Gasteiger charge is -2.48. The second-order valence-corrected chi connectivity index (χ2v) is 17.4. The average Bonchev–Trinajstić information content (AvgIpc) is 3.18. The van der Waals surface area contributed by atoms with Crippen LogP contribution in [0, 0.1) is 29.6 Å². The van der Waals surface area contributed by atoms with Gasteiger partial charge >= 0.3 is 5.97 Å². The Morgan fingerprint density at radius 1 is 0.930 bits per heavy atom. The number of methoxy groups -OCH3 is 3. The number of hydrogen-bond donors (Lipinski definition) is 4. The van der Waals surface area contributed by atoms with Gasteiger partial charge in [0.2, 0.25) is 11.6 Å². The van der Waals surface area contributed by atoms with Crippen LogP contribution in [-0.2, 0) is 38.1 Å². The number of rotatable bonds is 7. The van der Waals surface area contributed by atoms with Crippen LogP contribution in [-0.4, -0.2) is 132 Å². The van der Waals surface area contributed by atoms with E-state index in [0.29, 0.717) is 56.9 Å². The molecule has 2 bridgehead atoms. The Labute approximate surface area is 339 Å². The molecule has 1 aliphatic carbocycles. The first-order chi connectivity index (χ1) is 27.0. The molecule has 0 aromatic heterocycles. The molecule has 13 heteroatoms. The lowest BCUT2D eigenvalue weighted by Crippen LogP contribution is -2.65. The van der Waals surface area contributed by atoms with Gasteiger partial charge in [-0.25, -0.2) is 0 Å². The van der Waals surface area contributed by atoms with E-state index >= 15 is 0 Å². The lowest BCUT2D eigenvalue weighted by atomic mass is 9.81. The van der Waals surface area contributed by atoms with Crippen LogP contribution in [0.4, 0.5) is 0 Å². The number of fused-ring (bicyclic) bond motifs is 3. The first-order valence-electron chi connectivity index (χ1n) is 21.0. The van der Waals surface area contributed by atoms with Crippen molar-refractivity contribution in [2.45, 2.75) is 166 Å². The van der Waals surface area contributed by atoms with E-state index in [2.05, 4.69) is 13.5 Å². The van der Waals surface area contributed by atoms with E-state index in [1.54, 1.807) is 41.3 Å². The summed E-state index contributed by atoms with van der Waals surface area (Å²) in [6.45, 7) is 13.3. The fourth-order valence-electron chi connectivity index (χ4n) is 9.58. The molecule has 4 rings (SSSR count). The van der Waals surface area contributed by atoms with Gasteiger partial charge in [0.25, 0.3) is 0 Å². The first kappa shape index (κ1) is 47.3. The molecule has 3 aliphatic heterocycles. The van der Waals surface area contributed by atoms with Crippen molar-refractivity contribution < 1.29 is 58.5 Å². The number of esters is 1. The largest absolute Gasteiger partial charge is 0.456 e. The molecule has 0 aromatic rings. The smallest absolute Gasteiger partial charge is 0.324 e. The second kappa shape index (κ2) is 21.3. The van der Waals surface area contributed by atoms with Crippen molar-refractivity contribution in [3.8, 4) is 0 Å². The van der Waals surface area contributed by atoms with Crippen molar-refractivity contribution in [2.75, 3.05) is 27.9 Å². The number of hydrogen-bond acceptors (Lipinski definition) is 13. The van der Waals surface area contributed by atoms with Gasteiger partial charge in [0.1, 0.15) is 24.0 Å². The third kappa shape index (κ3) is 11.5. The van der Waals surface area contributed by atoms with E-state index in [0.717, 1.165) is 5.57 Å². The Kier molecular flexibility index (Phi) is 17.7. The van der Waals surface area contributed by atoms with Crippen molar-refractivity contribution in [3.63, 3.8) is 0 Å². The Hall–Kier alpha value is -2.33. The maximum atomic E-state index is 14.3. The highest BCUT2D eigenvalue weighted by molar-refractivity contribution is 5.90. The number of allylic oxidation sites excluding steroid dienone is 4. The van der Waals surface area contributed by atoms with E-state index in [1.807, 2.05) is 26.0 Å². The van der Waals surface area contributed by atoms with Crippen LogP contribution < -0.4 is 0 Å². The Morgan fingerprint density at radius 3 is 2.25 bits per heavy atom. The highest BCUT2D eigenvalue weighted by Crippen LogP contribution is 2.40. The van der Waals surface area contributed by atoms with E-state index in [9.17, 15) is 34.8 Å². The summed E-state index contributed by atoms with van der Waals surface area (Å²) >= 11 is 0. The fourth-order valence-corrected chi connectivity index (χ4v) is 9.58. The lowest BCUT2D eigenvalue weighted by molar-refractivity contribution is -0.308. The number of cyclic esters (lactones) is 1. The normalized spacial score (nSPS) is 42.6. The van der Waals surface area contributed by atoms with Crippen molar-refractivity contribution >= 4 is 17.5 Å². The number of piperidine rings is 1. The highest BCUT2D eigenvalue weighted by atomic mass is 16.7. The van der Waals surface area contributed by atoms with Crippen LogP contribution in [0.3, 0.4) is 0 Å². The van der Waals surface area contributed by atoms with E-state index in [-0.39, 0.29) is 49.5 Å². The average molecular weight is 806 g/mol. The molecule has 4 aliphatic rings. The number of nitrogens with zero attached hydrogens (tertiary/aromatic N) is 1. The molecule has 15 unspecified atom stereocenters. The summed E-state index contributed by atoms with van der Waals surface area (Å²) in [4.78, 5) is 43.9. The molecule has 2 saturated heterocycles. The molecular weight excluding hydrogens is 734 g/mol. The summed E-state index contributed by atoms with van der Waals surface area (Å²) < 4.78 is 29.9. The van der Waals surface area contributed by atoms with Gasteiger partial charge in [-0.3, -0.25) is 19.3 Å². The maximum Gasteiger partial charge on any atom is 0.324 e. The van der Waals surface area contributed by atoms with Crippen molar-refractivity contribution in [1.82, 2.24) is 4.90 Å². The van der Waals surface area contributed by atoms with Crippen molar-refractivity contribution in [1.29, 1.82) is 0 Å². The van der Waals surface area contributed by atoms with E-state index < -0.39 is 84.2 Å². The Bertz CT molecular complexity index is 1430. The summed E-state index contributed by atoms with van der Waals surface area (Å²) in [7, 11) is 4.65. The molecular formula is C44H71NO12. The predicted octanol–water partition coefficient (Wildman–Crippen LogP) is 4.43. The van der Waals surface area contributed by atoms with Crippen LogP contribution in [0.1, 0.15) is 105 Å². The molecule has 15 atom stereocenters. The van der Waals surface area contributed by atoms with Gasteiger partial charge in [0.05, 0.1) is 30.5 Å². The molecule has 3 heterocycles. The number of carbonyl (C=O) groups excluding carboxylic acids is 3. The minimum Gasteiger partial charge on any atom is -0.456 e. The third-order valence-electron chi connectivity index (χ3n) is 13.0. The van der Waals surface area contributed by atoms with Gasteiger partial charge in [-0.15, -0.1) is 6.58 Å². The van der Waals surface area contributed by atoms with Crippen LogP contribution in [0.5, 0.6) is 0 Å². The third-order valence-corrected chi connectivity index (χ3v) is 13.0. The van der Waals surface area contributed by atoms with E-state index in [4.69, 9.17) is 23.7 Å². The fraction of sp³-hybridized carbons (Fsp3) is 0.795. The summed E-state index contributed by atoms with van der Waals surface area (Å²) in [5.41, 5.74) is 1.64. The first-order valence-corrected chi connectivity index (χ1v) is 21.0. The van der Waals surface area contributed by atoms with E-state index in [1.165, 1.54) is 4.90 Å². The number of ketones is 2. The number of Topliss-reactive ketones (excluding diaryl/α,β-unsaturated/α-hetero) is 2. The van der Waals surface area contributed by atoms with Crippen molar-refractivity contribution in [3.05, 3.63) is 36.0 Å². The van der Waals surface area contributed by atoms with Crippen LogP contribution in [0.25, 0.3) is 0 Å². The monoisotopic (exact) mass is 805 g/mol. The van der Waals surface area contributed by atoms with Gasteiger partial charge in [-0.05, 0) is 89.0 Å². The van der Waals surface area contributed by atoms with Gasteiger partial charge < -0.3 is 44.1 Å². The zero-order valence-corrected chi connectivity index (χ0v) is 35.5. The second-order valence-electron chi connectivity index (χ2n) is 17.4. The van der Waals surface area contributed by atoms with Crippen molar-refractivity contribution in [2.24, 2.45) is 29.6 Å². The molecule has 1 saturated carbocycles. The Balaban J connectivity index is 1.77. The van der Waals surface area contributed by atoms with Crippen LogP contribution >= 0.6 is 0 Å². The standard InChI is InChI=1S/C44H71NO12/c1-10-13-31-19-25(2)18-26(3)20-37(54-8)40-38(55-9)22-28(5)44(52,57-40)41(49)42(50)45-17-12-11-14-32(45)43(51)56-39(29(6)34(47)24-35(31)48)27(4)21-30-15-16-33(46)36(23-30)53-7/h10,19,21,26,28-34,36-40,42,46-47,50,52H,1,11-18,20,22-24H2,2-9H3/b25-19+,27-21+. The molecule has 0 spiro atoms. The molecule has 0 amide bonds. The quantitative estimate of drug-likeness (QED) is 0.210. The minimum absolute atomic E-state index is 0.00345. The summed E-state index contributed by atoms with van der Waals surface area (Å²) in [5.74, 6) is -6.22. The highest BCUT2D eigenvalue weighted by Gasteiger charge is 2.56. The molecule has 13 nitrogen and oxygen atoms in total. The number of ether oxygens (including phenoxy) is 5. The van der Waals surface area contributed by atoms with Gasteiger partial charge in [-0.2, -0.15) is 0 Å². The SMILES string of the molecule is C=CCC1/C=C(\C)CC(C)CC(OC)C2OC(O)(C(=O)C(O)N3CCCCC3C(=O)OC(/C(C)=C/C3CCC(O)C(OC)C3)C(C)C(O)CC1=O)C(C)CC2OC. The maximum absolute atomic E-state index is 14.3. The minimum atomic E-state index is -2.41. The molecule has 324 valence electrons. The van der Waals surface area contributed by atoms with Crippen LogP contribution in [0.15, 0.2) is 36.0 Å². The predicted molar refractivity (Wildman–Crippen MR) is 214 cm³/mol. The zero-order chi connectivity index (χ0) is 42.2. The summed E-state index contributed by atoms with van der Waals surface area (Å²) in [6.07, 6.45) is 3.53. The molecule has 0 aromatic carbocycles. The molecule has 3 fully saturated rings.